The predicted octanol–water partition coefficient (Wildman–Crippen LogP) is 5.59. The minimum atomic E-state index is -0.926. The highest BCUT2D eigenvalue weighted by molar-refractivity contribution is 8.13. The van der Waals surface area contributed by atoms with E-state index in [1.807, 2.05) is 48.5 Å². The zero-order valence-electron chi connectivity index (χ0n) is 19.7. The fourth-order valence-electron chi connectivity index (χ4n) is 4.26. The molecule has 0 aliphatic heterocycles. The second-order valence-electron chi connectivity index (χ2n) is 8.71. The number of carbonyl (C=O) groups excluding carboxylic acids is 3. The monoisotopic (exact) mass is 504 g/mol. The Balaban J connectivity index is 1.45. The summed E-state index contributed by atoms with van der Waals surface area (Å²) in [5.41, 5.74) is 4.29. The maximum atomic E-state index is 13.0. The molecule has 1 amide bonds. The number of nitrogens with zero attached hydrogens (tertiary/aromatic N) is 1. The van der Waals surface area contributed by atoms with Crippen molar-refractivity contribution in [3.8, 4) is 11.1 Å². The van der Waals surface area contributed by atoms with Crippen molar-refractivity contribution >= 4 is 34.9 Å². The molecule has 1 aliphatic rings. The van der Waals surface area contributed by atoms with Crippen LogP contribution in [0.3, 0.4) is 0 Å². The first kappa shape index (κ1) is 25.1. The Morgan fingerprint density at radius 2 is 1.67 bits per heavy atom. The molecule has 0 aromatic heterocycles. The molecule has 1 N–H and O–H groups in total. The molecule has 0 saturated carbocycles. The summed E-state index contributed by atoms with van der Waals surface area (Å²) in [6.07, 6.45) is -0.206. The van der Waals surface area contributed by atoms with E-state index in [1.165, 1.54) is 18.2 Å². The number of alkyl carbamates (subject to hydrolysis) is 1. The van der Waals surface area contributed by atoms with Crippen molar-refractivity contribution in [1.29, 1.82) is 0 Å². The van der Waals surface area contributed by atoms with E-state index in [4.69, 9.17) is 4.74 Å². The summed E-state index contributed by atoms with van der Waals surface area (Å²) in [7, 11) is 0. The smallest absolute Gasteiger partial charge is 0.407 e. The fraction of sp³-hybridized carbons (Fsp3) is 0.222. The highest BCUT2D eigenvalue weighted by Crippen LogP contribution is 2.44. The standard InChI is InChI=1S/C27H24N2O6S/c1-16(2)25(26(31)36-24-13-18(29(33)34)12-11-17(24)14-30)28-27(32)35-15-23-21-9-5-3-7-19(21)20-8-4-6-10-22(20)23/h3-14,16,23,25H,15H2,1-2H3,(H,28,32)/t25-/m0/s1. The van der Waals surface area contributed by atoms with Crippen LogP contribution < -0.4 is 5.32 Å². The first-order valence-electron chi connectivity index (χ1n) is 11.4. The van der Waals surface area contributed by atoms with E-state index in [9.17, 15) is 24.5 Å². The number of thioether (sulfide) groups is 1. The molecule has 36 heavy (non-hydrogen) atoms. The predicted molar refractivity (Wildman–Crippen MR) is 136 cm³/mol. The maximum absolute atomic E-state index is 13.0. The number of nitro groups is 1. The van der Waals surface area contributed by atoms with Gasteiger partial charge in [-0.1, -0.05) is 62.4 Å². The molecule has 0 saturated heterocycles. The van der Waals surface area contributed by atoms with E-state index in [1.54, 1.807) is 13.8 Å². The number of hydrogen-bond donors (Lipinski definition) is 1. The average molecular weight is 505 g/mol. The van der Waals surface area contributed by atoms with Gasteiger partial charge in [0.2, 0.25) is 5.12 Å². The van der Waals surface area contributed by atoms with E-state index in [-0.39, 0.29) is 34.6 Å². The van der Waals surface area contributed by atoms with Crippen molar-refractivity contribution in [3.05, 3.63) is 93.5 Å². The Hall–Kier alpha value is -3.98. The summed E-state index contributed by atoms with van der Waals surface area (Å²) in [6, 6.07) is 18.7. The summed E-state index contributed by atoms with van der Waals surface area (Å²) in [5, 5.41) is 13.3. The van der Waals surface area contributed by atoms with Gasteiger partial charge in [-0.05, 0) is 46.0 Å². The van der Waals surface area contributed by atoms with Crippen molar-refractivity contribution in [2.45, 2.75) is 30.7 Å². The molecule has 0 radical (unpaired) electrons. The van der Waals surface area contributed by atoms with Crippen LogP contribution in [0.2, 0.25) is 0 Å². The third-order valence-electron chi connectivity index (χ3n) is 6.08. The Labute approximate surface area is 212 Å². The van der Waals surface area contributed by atoms with Crippen molar-refractivity contribution < 1.29 is 24.0 Å². The molecule has 184 valence electrons. The van der Waals surface area contributed by atoms with Gasteiger partial charge in [0.05, 0.1) is 4.92 Å². The number of hydrogen-bond acceptors (Lipinski definition) is 7. The number of amides is 1. The molecule has 4 rings (SSSR count). The summed E-state index contributed by atoms with van der Waals surface area (Å²) >= 11 is 0.685. The van der Waals surface area contributed by atoms with Gasteiger partial charge in [0.25, 0.3) is 5.69 Å². The third kappa shape index (κ3) is 5.16. The largest absolute Gasteiger partial charge is 0.449 e. The molecular weight excluding hydrogens is 480 g/mol. The van der Waals surface area contributed by atoms with Gasteiger partial charge in [-0.15, -0.1) is 0 Å². The highest BCUT2D eigenvalue weighted by Gasteiger charge is 2.31. The number of aldehydes is 1. The summed E-state index contributed by atoms with van der Waals surface area (Å²) in [4.78, 5) is 47.8. The number of benzene rings is 3. The SMILES string of the molecule is CC(C)[C@H](NC(=O)OCC1c2ccccc2-c2ccccc21)C(=O)Sc1cc([N+](=O)[O-])ccc1C=O. The molecule has 0 unspecified atom stereocenters. The molecule has 9 heteroatoms. The van der Waals surface area contributed by atoms with Crippen LogP contribution in [-0.4, -0.2) is 35.1 Å². The molecular formula is C27H24N2O6S. The van der Waals surface area contributed by atoms with Gasteiger partial charge in [-0.25, -0.2) is 4.79 Å². The van der Waals surface area contributed by atoms with E-state index < -0.39 is 22.2 Å². The summed E-state index contributed by atoms with van der Waals surface area (Å²) in [5.74, 6) is -0.408. The van der Waals surface area contributed by atoms with Gasteiger partial charge >= 0.3 is 6.09 Å². The van der Waals surface area contributed by atoms with Crippen LogP contribution in [0, 0.1) is 16.0 Å². The molecule has 8 nitrogen and oxygen atoms in total. The summed E-state index contributed by atoms with van der Waals surface area (Å²) < 4.78 is 5.56. The first-order valence-corrected chi connectivity index (χ1v) is 12.2. The van der Waals surface area contributed by atoms with Crippen molar-refractivity contribution in [1.82, 2.24) is 5.32 Å². The lowest BCUT2D eigenvalue weighted by Crippen LogP contribution is -2.43. The molecule has 3 aromatic carbocycles. The molecule has 1 atom stereocenters. The van der Waals surface area contributed by atoms with E-state index in [0.29, 0.717) is 18.0 Å². The van der Waals surface area contributed by atoms with E-state index in [0.717, 1.165) is 22.3 Å². The third-order valence-corrected chi connectivity index (χ3v) is 7.11. The quantitative estimate of drug-likeness (QED) is 0.184. The number of carbonyl (C=O) groups is 3. The maximum Gasteiger partial charge on any atom is 0.407 e. The van der Waals surface area contributed by atoms with E-state index >= 15 is 0 Å². The lowest BCUT2D eigenvalue weighted by atomic mass is 9.98. The lowest BCUT2D eigenvalue weighted by Gasteiger charge is -2.21. The van der Waals surface area contributed by atoms with Crippen LogP contribution in [0.1, 0.15) is 41.3 Å². The minimum Gasteiger partial charge on any atom is -0.449 e. The van der Waals surface area contributed by atoms with Crippen molar-refractivity contribution in [2.75, 3.05) is 6.61 Å². The second kappa shape index (κ2) is 10.7. The Bertz CT molecular complexity index is 1290. The summed E-state index contributed by atoms with van der Waals surface area (Å²) in [6.45, 7) is 3.63. The van der Waals surface area contributed by atoms with Gasteiger partial charge in [-0.3, -0.25) is 19.7 Å². The van der Waals surface area contributed by atoms with Gasteiger partial charge in [0, 0.05) is 28.5 Å². The Morgan fingerprint density at radius 1 is 1.06 bits per heavy atom. The number of rotatable bonds is 8. The van der Waals surface area contributed by atoms with Gasteiger partial charge in [-0.2, -0.15) is 0 Å². The molecule has 0 spiro atoms. The van der Waals surface area contributed by atoms with E-state index in [2.05, 4.69) is 5.32 Å². The van der Waals surface area contributed by atoms with Crippen LogP contribution in [0.25, 0.3) is 11.1 Å². The molecule has 0 bridgehead atoms. The number of non-ortho nitro benzene ring substituents is 1. The van der Waals surface area contributed by atoms with Crippen LogP contribution in [-0.2, 0) is 9.53 Å². The normalized spacial score (nSPS) is 13.0. The van der Waals surface area contributed by atoms with Crippen LogP contribution >= 0.6 is 11.8 Å². The average Bonchev–Trinajstić information content (AvgIpc) is 3.19. The minimum absolute atomic E-state index is 0.103. The fourth-order valence-corrected chi connectivity index (χ4v) is 5.35. The Kier molecular flexibility index (Phi) is 7.49. The second-order valence-corrected chi connectivity index (χ2v) is 9.76. The zero-order valence-corrected chi connectivity index (χ0v) is 20.5. The molecule has 0 fully saturated rings. The van der Waals surface area contributed by atoms with Gasteiger partial charge < -0.3 is 10.1 Å². The van der Waals surface area contributed by atoms with Crippen LogP contribution in [0.5, 0.6) is 0 Å². The molecule has 1 aliphatic carbocycles. The number of nitrogens with one attached hydrogen (secondary N) is 1. The Morgan fingerprint density at radius 3 is 2.22 bits per heavy atom. The molecule has 0 heterocycles. The zero-order chi connectivity index (χ0) is 25.8. The highest BCUT2D eigenvalue weighted by atomic mass is 32.2. The molecule has 3 aromatic rings. The van der Waals surface area contributed by atoms with Crippen LogP contribution in [0.4, 0.5) is 10.5 Å². The van der Waals surface area contributed by atoms with Gasteiger partial charge in [0.1, 0.15) is 12.6 Å². The van der Waals surface area contributed by atoms with Crippen molar-refractivity contribution in [3.63, 3.8) is 0 Å². The van der Waals surface area contributed by atoms with Crippen molar-refractivity contribution in [2.24, 2.45) is 5.92 Å². The lowest BCUT2D eigenvalue weighted by molar-refractivity contribution is -0.385. The first-order chi connectivity index (χ1) is 17.3. The van der Waals surface area contributed by atoms with Gasteiger partial charge in [0.15, 0.2) is 6.29 Å². The van der Waals surface area contributed by atoms with Crippen LogP contribution in [0.15, 0.2) is 71.6 Å². The topological polar surface area (TPSA) is 116 Å². The number of fused-ring (bicyclic) bond motifs is 3. The number of nitro benzene ring substituents is 1. The number of ether oxygens (including phenoxy) is 1.